The topological polar surface area (TPSA) is 43.4 Å². The average Bonchev–Trinajstić information content (AvgIpc) is 3.09. The van der Waals surface area contributed by atoms with E-state index < -0.39 is 6.10 Å². The van der Waals surface area contributed by atoms with Crippen molar-refractivity contribution in [1.82, 2.24) is 0 Å². The van der Waals surface area contributed by atoms with Crippen molar-refractivity contribution in [2.75, 3.05) is 0 Å². The number of ketones is 2. The molecule has 1 aliphatic heterocycles. The van der Waals surface area contributed by atoms with Gasteiger partial charge >= 0.3 is 0 Å². The van der Waals surface area contributed by atoms with Crippen LogP contribution in [0, 0.1) is 12.8 Å². The normalized spacial score (nSPS) is 19.4. The van der Waals surface area contributed by atoms with Crippen molar-refractivity contribution in [3.05, 3.63) is 63.1 Å². The van der Waals surface area contributed by atoms with Gasteiger partial charge < -0.3 is 4.74 Å². The maximum Gasteiger partial charge on any atom is 0.219 e. The Hall–Kier alpha value is -1.94. The summed E-state index contributed by atoms with van der Waals surface area (Å²) in [5.74, 6) is 0.00213. The summed E-state index contributed by atoms with van der Waals surface area (Å²) in [7, 11) is 0. The SMILES string of the molecule is Cc1cc(Br)c2c(c1)C(=O)C(C(=O)C1Cc3ccccc3C1)O2. The number of halogens is 1. The second kappa shape index (κ2) is 5.31. The van der Waals surface area contributed by atoms with Crippen LogP contribution in [0.1, 0.15) is 27.0 Å². The van der Waals surface area contributed by atoms with E-state index in [1.54, 1.807) is 6.07 Å². The summed E-state index contributed by atoms with van der Waals surface area (Å²) >= 11 is 3.42. The molecule has 0 N–H and O–H groups in total. The molecule has 0 amide bonds. The van der Waals surface area contributed by atoms with Crippen molar-refractivity contribution >= 4 is 27.5 Å². The van der Waals surface area contributed by atoms with E-state index in [1.807, 2.05) is 25.1 Å². The Labute approximate surface area is 142 Å². The number of carbonyl (C=O) groups is 2. The summed E-state index contributed by atoms with van der Waals surface area (Å²) in [6, 6.07) is 11.8. The molecule has 1 atom stereocenters. The first kappa shape index (κ1) is 14.6. The van der Waals surface area contributed by atoms with Crippen molar-refractivity contribution in [3.8, 4) is 5.75 Å². The summed E-state index contributed by atoms with van der Waals surface area (Å²) < 4.78 is 6.46. The van der Waals surface area contributed by atoms with E-state index in [4.69, 9.17) is 4.74 Å². The highest BCUT2D eigenvalue weighted by atomic mass is 79.9. The predicted molar refractivity (Wildman–Crippen MR) is 90.0 cm³/mol. The Morgan fingerprint density at radius 1 is 1.17 bits per heavy atom. The van der Waals surface area contributed by atoms with Crippen LogP contribution in [-0.4, -0.2) is 17.7 Å². The van der Waals surface area contributed by atoms with Gasteiger partial charge in [-0.3, -0.25) is 9.59 Å². The smallest absolute Gasteiger partial charge is 0.219 e. The Kier molecular flexibility index (Phi) is 3.38. The van der Waals surface area contributed by atoms with Gasteiger partial charge in [0.05, 0.1) is 10.0 Å². The molecule has 0 bridgehead atoms. The molecule has 0 fully saturated rings. The van der Waals surface area contributed by atoms with Crippen LogP contribution >= 0.6 is 15.9 Å². The molecule has 1 heterocycles. The van der Waals surface area contributed by atoms with E-state index in [1.165, 1.54) is 11.1 Å². The van der Waals surface area contributed by atoms with E-state index in [-0.39, 0.29) is 17.5 Å². The number of hydrogen-bond acceptors (Lipinski definition) is 3. The minimum Gasteiger partial charge on any atom is -0.472 e. The lowest BCUT2D eigenvalue weighted by molar-refractivity contribution is -0.127. The zero-order chi connectivity index (χ0) is 16.1. The van der Waals surface area contributed by atoms with Gasteiger partial charge in [0.15, 0.2) is 5.78 Å². The van der Waals surface area contributed by atoms with Crippen LogP contribution < -0.4 is 4.74 Å². The lowest BCUT2D eigenvalue weighted by Crippen LogP contribution is -2.36. The Balaban J connectivity index is 1.60. The Morgan fingerprint density at radius 3 is 2.48 bits per heavy atom. The fourth-order valence-corrected chi connectivity index (χ4v) is 4.17. The highest BCUT2D eigenvalue weighted by Gasteiger charge is 2.43. The van der Waals surface area contributed by atoms with Gasteiger partial charge in [-0.2, -0.15) is 0 Å². The third-order valence-electron chi connectivity index (χ3n) is 4.64. The molecule has 2 aromatic carbocycles. The molecule has 23 heavy (non-hydrogen) atoms. The van der Waals surface area contributed by atoms with E-state index in [2.05, 4.69) is 28.1 Å². The molecule has 2 aromatic rings. The second-order valence-corrected chi connectivity index (χ2v) is 7.12. The molecular formula is C19H15BrO3. The van der Waals surface area contributed by atoms with Gasteiger partial charge in [-0.25, -0.2) is 0 Å². The summed E-state index contributed by atoms with van der Waals surface area (Å²) in [5, 5.41) is 0. The lowest BCUT2D eigenvalue weighted by atomic mass is 9.93. The first-order chi connectivity index (χ1) is 11.0. The van der Waals surface area contributed by atoms with Crippen molar-refractivity contribution in [3.63, 3.8) is 0 Å². The second-order valence-electron chi connectivity index (χ2n) is 6.26. The molecule has 3 nitrogen and oxygen atoms in total. The maximum absolute atomic E-state index is 12.8. The summed E-state index contributed by atoms with van der Waals surface area (Å²) in [4.78, 5) is 25.4. The highest BCUT2D eigenvalue weighted by molar-refractivity contribution is 9.10. The van der Waals surface area contributed by atoms with Crippen LogP contribution in [0.15, 0.2) is 40.9 Å². The summed E-state index contributed by atoms with van der Waals surface area (Å²) in [6.45, 7) is 1.92. The van der Waals surface area contributed by atoms with Gasteiger partial charge in [-0.15, -0.1) is 0 Å². The van der Waals surface area contributed by atoms with E-state index in [0.29, 0.717) is 24.2 Å². The number of fused-ring (bicyclic) bond motifs is 2. The van der Waals surface area contributed by atoms with Crippen LogP contribution in [0.5, 0.6) is 5.75 Å². The standard InChI is InChI=1S/C19H15BrO3/c1-10-6-14-17(22)19(23-18(14)15(20)7-10)16(21)13-8-11-4-2-3-5-12(11)9-13/h2-7,13,19H,8-9H2,1H3. The van der Waals surface area contributed by atoms with Crippen LogP contribution in [0.2, 0.25) is 0 Å². The molecule has 116 valence electrons. The molecular weight excluding hydrogens is 356 g/mol. The third-order valence-corrected chi connectivity index (χ3v) is 5.23. The molecule has 0 saturated carbocycles. The Bertz CT molecular complexity index is 816. The van der Waals surface area contributed by atoms with E-state index in [9.17, 15) is 9.59 Å². The molecule has 0 saturated heterocycles. The zero-order valence-electron chi connectivity index (χ0n) is 12.6. The first-order valence-electron chi connectivity index (χ1n) is 7.66. The molecule has 1 unspecified atom stereocenters. The number of carbonyl (C=O) groups excluding carboxylic acids is 2. The fraction of sp³-hybridized carbons (Fsp3) is 0.263. The third kappa shape index (κ3) is 2.32. The summed E-state index contributed by atoms with van der Waals surface area (Å²) in [5.41, 5.74) is 3.87. The number of hydrogen-bond donors (Lipinski definition) is 0. The predicted octanol–water partition coefficient (Wildman–Crippen LogP) is 3.69. The van der Waals surface area contributed by atoms with E-state index in [0.717, 1.165) is 10.0 Å². The maximum atomic E-state index is 12.8. The van der Waals surface area contributed by atoms with Crippen LogP contribution in [0.4, 0.5) is 0 Å². The number of benzene rings is 2. The van der Waals surface area contributed by atoms with Gasteiger partial charge in [0.2, 0.25) is 11.9 Å². The largest absolute Gasteiger partial charge is 0.472 e. The molecule has 0 aromatic heterocycles. The Morgan fingerprint density at radius 2 is 1.83 bits per heavy atom. The van der Waals surface area contributed by atoms with Crippen molar-refractivity contribution in [2.24, 2.45) is 5.92 Å². The van der Waals surface area contributed by atoms with Gasteiger partial charge in [0.25, 0.3) is 0 Å². The van der Waals surface area contributed by atoms with Gasteiger partial charge in [0, 0.05) is 5.92 Å². The number of Topliss-reactive ketones (excluding diaryl/α,β-unsaturated/α-hetero) is 2. The van der Waals surface area contributed by atoms with E-state index >= 15 is 0 Å². The molecule has 2 aliphatic rings. The van der Waals surface area contributed by atoms with Crippen molar-refractivity contribution in [1.29, 1.82) is 0 Å². The van der Waals surface area contributed by atoms with Gasteiger partial charge in [-0.1, -0.05) is 24.3 Å². The molecule has 0 radical (unpaired) electrons. The summed E-state index contributed by atoms with van der Waals surface area (Å²) in [6.07, 6.45) is 0.389. The number of aryl methyl sites for hydroxylation is 1. The minimum absolute atomic E-state index is 0.105. The molecule has 4 rings (SSSR count). The van der Waals surface area contributed by atoms with Crippen LogP contribution in [0.25, 0.3) is 0 Å². The quantitative estimate of drug-likeness (QED) is 0.757. The van der Waals surface area contributed by atoms with Crippen LogP contribution in [0.3, 0.4) is 0 Å². The van der Waals surface area contributed by atoms with Gasteiger partial charge in [-0.05, 0) is 64.5 Å². The molecule has 0 spiro atoms. The fourth-order valence-electron chi connectivity index (χ4n) is 3.51. The zero-order valence-corrected chi connectivity index (χ0v) is 14.2. The minimum atomic E-state index is -0.998. The number of rotatable bonds is 2. The van der Waals surface area contributed by atoms with Gasteiger partial charge in [0.1, 0.15) is 5.75 Å². The molecule has 4 heteroatoms. The average molecular weight is 371 g/mol. The van der Waals surface area contributed by atoms with Crippen LogP contribution in [-0.2, 0) is 17.6 Å². The van der Waals surface area contributed by atoms with Crippen molar-refractivity contribution < 1.29 is 14.3 Å². The molecule has 1 aliphatic carbocycles. The number of ether oxygens (including phenoxy) is 1. The highest BCUT2D eigenvalue weighted by Crippen LogP contribution is 2.39. The monoisotopic (exact) mass is 370 g/mol. The van der Waals surface area contributed by atoms with Crippen molar-refractivity contribution in [2.45, 2.75) is 25.9 Å². The lowest BCUT2D eigenvalue weighted by Gasteiger charge is -2.13. The first-order valence-corrected chi connectivity index (χ1v) is 8.45.